The summed E-state index contributed by atoms with van der Waals surface area (Å²) < 4.78 is 20.5. The molecular formula is C27H36Cl2FN3O2. The summed E-state index contributed by atoms with van der Waals surface area (Å²) in [6.07, 6.45) is 2.94. The van der Waals surface area contributed by atoms with Crippen molar-refractivity contribution < 1.29 is 13.9 Å². The van der Waals surface area contributed by atoms with Gasteiger partial charge in [0.15, 0.2) is 0 Å². The summed E-state index contributed by atoms with van der Waals surface area (Å²) >= 11 is 12.1. The number of benzene rings is 2. The van der Waals surface area contributed by atoms with E-state index in [1.807, 2.05) is 17.0 Å². The van der Waals surface area contributed by atoms with E-state index in [9.17, 15) is 9.18 Å². The Kier molecular flexibility index (Phi) is 10.2. The molecule has 0 spiro atoms. The fourth-order valence-electron chi connectivity index (χ4n) is 4.64. The highest BCUT2D eigenvalue weighted by Crippen LogP contribution is 2.36. The maximum absolute atomic E-state index is 14.3. The first-order chi connectivity index (χ1) is 16.7. The molecule has 3 rings (SSSR count). The second-order valence-corrected chi connectivity index (χ2v) is 10.3. The topological polar surface area (TPSA) is 44.8 Å². The van der Waals surface area contributed by atoms with Crippen molar-refractivity contribution in [2.45, 2.75) is 50.6 Å². The number of amides is 1. The molecule has 0 radical (unpaired) electrons. The monoisotopic (exact) mass is 523 g/mol. The number of nitrogens with zero attached hydrogens (tertiary/aromatic N) is 2. The lowest BCUT2D eigenvalue weighted by Crippen LogP contribution is -2.49. The Morgan fingerprint density at radius 3 is 2.43 bits per heavy atom. The molecule has 0 saturated carbocycles. The molecule has 5 nitrogen and oxygen atoms in total. The molecule has 8 heteroatoms. The summed E-state index contributed by atoms with van der Waals surface area (Å²) in [6.45, 7) is 4.03. The van der Waals surface area contributed by atoms with Gasteiger partial charge in [0.25, 0.3) is 0 Å². The number of hydrogen-bond acceptors (Lipinski definition) is 4. The molecule has 2 atom stereocenters. The normalized spacial score (nSPS) is 16.4. The molecule has 1 fully saturated rings. The summed E-state index contributed by atoms with van der Waals surface area (Å²) in [6, 6.07) is 10.3. The van der Waals surface area contributed by atoms with Crippen LogP contribution in [0.1, 0.15) is 43.2 Å². The summed E-state index contributed by atoms with van der Waals surface area (Å²) in [5.41, 5.74) is 1.62. The molecule has 0 aliphatic carbocycles. The predicted octanol–water partition coefficient (Wildman–Crippen LogP) is 5.39. The van der Waals surface area contributed by atoms with Gasteiger partial charge in [0, 0.05) is 29.2 Å². The van der Waals surface area contributed by atoms with Gasteiger partial charge in [0.1, 0.15) is 18.2 Å². The second-order valence-electron chi connectivity index (χ2n) is 9.40. The van der Waals surface area contributed by atoms with Gasteiger partial charge in [-0.25, -0.2) is 4.39 Å². The molecule has 2 aromatic carbocycles. The number of carbonyl (C=O) groups is 1. The van der Waals surface area contributed by atoms with Crippen molar-refractivity contribution in [3.8, 4) is 5.75 Å². The number of likely N-dealkylation sites (N-methyl/N-ethyl adjacent to an activating group) is 2. The average molecular weight is 525 g/mol. The van der Waals surface area contributed by atoms with E-state index in [4.69, 9.17) is 27.9 Å². The van der Waals surface area contributed by atoms with Gasteiger partial charge in [-0.1, -0.05) is 42.3 Å². The Labute approximate surface area is 218 Å². The van der Waals surface area contributed by atoms with Gasteiger partial charge in [-0.15, -0.1) is 0 Å². The first kappa shape index (κ1) is 27.7. The van der Waals surface area contributed by atoms with E-state index in [2.05, 4.69) is 37.3 Å². The van der Waals surface area contributed by atoms with Gasteiger partial charge < -0.3 is 19.9 Å². The molecule has 0 aromatic heterocycles. The lowest BCUT2D eigenvalue weighted by atomic mass is 9.88. The van der Waals surface area contributed by atoms with Crippen molar-refractivity contribution in [2.24, 2.45) is 0 Å². The first-order valence-electron chi connectivity index (χ1n) is 12.2. The zero-order valence-corrected chi connectivity index (χ0v) is 22.5. The van der Waals surface area contributed by atoms with Gasteiger partial charge in [-0.05, 0) is 88.1 Å². The number of ether oxygens (including phenoxy) is 1. The predicted molar refractivity (Wildman–Crippen MR) is 141 cm³/mol. The van der Waals surface area contributed by atoms with Crippen LogP contribution in [0.2, 0.25) is 10.0 Å². The quantitative estimate of drug-likeness (QED) is 0.453. The summed E-state index contributed by atoms with van der Waals surface area (Å²) in [5, 5.41) is 4.06. The van der Waals surface area contributed by atoms with Crippen molar-refractivity contribution in [2.75, 3.05) is 40.8 Å². The van der Waals surface area contributed by atoms with E-state index in [1.165, 1.54) is 6.07 Å². The van der Waals surface area contributed by atoms with Crippen molar-refractivity contribution in [3.05, 3.63) is 63.4 Å². The molecule has 1 heterocycles. The van der Waals surface area contributed by atoms with Gasteiger partial charge in [0.2, 0.25) is 5.91 Å². The fraction of sp³-hybridized carbons (Fsp3) is 0.519. The molecule has 0 unspecified atom stereocenters. The molecule has 192 valence electrons. The van der Waals surface area contributed by atoms with Crippen LogP contribution in [0.25, 0.3) is 0 Å². The van der Waals surface area contributed by atoms with Crippen LogP contribution in [-0.2, 0) is 11.2 Å². The highest BCUT2D eigenvalue weighted by atomic mass is 35.5. The van der Waals surface area contributed by atoms with Gasteiger partial charge >= 0.3 is 0 Å². The largest absolute Gasteiger partial charge is 0.492 e. The minimum Gasteiger partial charge on any atom is -0.492 e. The van der Waals surface area contributed by atoms with Crippen LogP contribution in [0.5, 0.6) is 5.75 Å². The molecule has 2 aromatic rings. The highest BCUT2D eigenvalue weighted by Gasteiger charge is 2.30. The van der Waals surface area contributed by atoms with Gasteiger partial charge in [0.05, 0.1) is 6.04 Å². The minimum atomic E-state index is -0.492. The first-order valence-corrected chi connectivity index (χ1v) is 13.0. The Balaban J connectivity index is 1.64. The van der Waals surface area contributed by atoms with Crippen molar-refractivity contribution in [1.82, 2.24) is 15.1 Å². The van der Waals surface area contributed by atoms with E-state index < -0.39 is 6.04 Å². The number of rotatable bonds is 10. The molecule has 35 heavy (non-hydrogen) atoms. The number of hydrogen-bond donors (Lipinski definition) is 1. The Bertz CT molecular complexity index is 996. The Morgan fingerprint density at radius 1 is 1.17 bits per heavy atom. The molecule has 1 aliphatic rings. The van der Waals surface area contributed by atoms with Crippen LogP contribution in [0.4, 0.5) is 4.39 Å². The molecular weight excluding hydrogens is 488 g/mol. The van der Waals surface area contributed by atoms with E-state index >= 15 is 0 Å². The summed E-state index contributed by atoms with van der Waals surface area (Å²) in [5.74, 6) is 0.713. The highest BCUT2D eigenvalue weighted by molar-refractivity contribution is 6.31. The lowest BCUT2D eigenvalue weighted by Gasteiger charge is -2.35. The smallest absolute Gasteiger partial charge is 0.240 e. The number of piperidine rings is 1. The third-order valence-corrected chi connectivity index (χ3v) is 7.41. The second kappa shape index (κ2) is 12.9. The summed E-state index contributed by atoms with van der Waals surface area (Å²) in [7, 11) is 5.85. The van der Waals surface area contributed by atoms with Gasteiger partial charge in [-0.2, -0.15) is 0 Å². The average Bonchev–Trinajstić information content (AvgIpc) is 2.83. The molecule has 0 bridgehead atoms. The third kappa shape index (κ3) is 7.32. The van der Waals surface area contributed by atoms with Crippen LogP contribution >= 0.6 is 23.2 Å². The number of halogens is 3. The standard InChI is InChI=1S/C27H36Cl2FN3O2/c1-5-22(32(3)4)17-35-26-16-21(29)8-9-23(26)18-10-12-33(13-11-18)27(34)25(31-2)14-19-6-7-20(28)15-24(19)30/h6-9,15-16,18,22,25,31H,5,10-14,17H2,1-4H3/t22-,25-/m1/s1. The van der Waals surface area contributed by atoms with Gasteiger partial charge in [-0.3, -0.25) is 4.79 Å². The van der Waals surface area contributed by atoms with E-state index in [0.717, 1.165) is 30.6 Å². The number of nitrogens with one attached hydrogen (secondary N) is 1. The zero-order valence-electron chi connectivity index (χ0n) is 21.0. The minimum absolute atomic E-state index is 0.00958. The van der Waals surface area contributed by atoms with Crippen molar-refractivity contribution >= 4 is 29.1 Å². The van der Waals surface area contributed by atoms with E-state index in [1.54, 1.807) is 19.2 Å². The molecule has 1 saturated heterocycles. The maximum Gasteiger partial charge on any atom is 0.240 e. The van der Waals surface area contributed by atoms with Crippen LogP contribution in [0.3, 0.4) is 0 Å². The zero-order chi connectivity index (χ0) is 25.5. The SMILES string of the molecule is CC[C@H](COc1cc(Cl)ccc1C1CCN(C(=O)[C@@H](Cc2ccc(Cl)cc2F)NC)CC1)N(C)C. The van der Waals surface area contributed by atoms with Crippen molar-refractivity contribution in [1.29, 1.82) is 0 Å². The fourth-order valence-corrected chi connectivity index (χ4v) is 4.96. The molecule has 1 aliphatic heterocycles. The number of carbonyl (C=O) groups excluding carboxylic acids is 1. The maximum atomic E-state index is 14.3. The number of likely N-dealkylation sites (tertiary alicyclic amines) is 1. The summed E-state index contributed by atoms with van der Waals surface area (Å²) in [4.78, 5) is 17.3. The Morgan fingerprint density at radius 2 is 1.83 bits per heavy atom. The van der Waals surface area contributed by atoms with Crippen molar-refractivity contribution in [3.63, 3.8) is 0 Å². The van der Waals surface area contributed by atoms with E-state index in [-0.39, 0.29) is 24.1 Å². The third-order valence-electron chi connectivity index (χ3n) is 6.94. The van der Waals surface area contributed by atoms with Crippen LogP contribution < -0.4 is 10.1 Å². The molecule has 1 amide bonds. The van der Waals surface area contributed by atoms with E-state index in [0.29, 0.717) is 41.3 Å². The van der Waals surface area contributed by atoms with Crippen LogP contribution in [0, 0.1) is 5.82 Å². The molecule has 1 N–H and O–H groups in total. The van der Waals surface area contributed by atoms with Crippen LogP contribution in [0.15, 0.2) is 36.4 Å². The lowest BCUT2D eigenvalue weighted by molar-refractivity contribution is -0.134. The Hall–Kier alpha value is -1.86. The van der Waals surface area contributed by atoms with Crippen LogP contribution in [-0.4, -0.2) is 68.6 Å².